The minimum Gasteiger partial charge on any atom is -0.388 e. The molecular formula is C14H13BrFNO. The maximum atomic E-state index is 13.4. The van der Waals surface area contributed by atoms with Gasteiger partial charge in [-0.15, -0.1) is 0 Å². The Bertz CT molecular complexity index is 593. The molecule has 1 N–H and O–H groups in total. The molecule has 0 amide bonds. The van der Waals surface area contributed by atoms with Crippen molar-refractivity contribution in [2.45, 2.75) is 25.4 Å². The fourth-order valence-electron chi connectivity index (χ4n) is 2.56. The van der Waals surface area contributed by atoms with Gasteiger partial charge < -0.3 is 9.67 Å². The maximum absolute atomic E-state index is 13.4. The number of hydrogen-bond donors (Lipinski definition) is 1. The first-order valence-electron chi connectivity index (χ1n) is 6.00. The van der Waals surface area contributed by atoms with Gasteiger partial charge in [0, 0.05) is 21.9 Å². The van der Waals surface area contributed by atoms with Crippen LogP contribution in [0.3, 0.4) is 0 Å². The van der Waals surface area contributed by atoms with Crippen LogP contribution in [-0.2, 0) is 6.42 Å². The third-order valence-corrected chi connectivity index (χ3v) is 4.12. The van der Waals surface area contributed by atoms with Crippen LogP contribution >= 0.6 is 15.9 Å². The molecule has 94 valence electrons. The average molecular weight is 310 g/mol. The summed E-state index contributed by atoms with van der Waals surface area (Å²) < 4.78 is 16.2. The molecule has 0 radical (unpaired) electrons. The smallest absolute Gasteiger partial charge is 0.125 e. The molecule has 4 heteroatoms. The summed E-state index contributed by atoms with van der Waals surface area (Å²) in [4.78, 5) is 0. The molecule has 3 rings (SSSR count). The van der Waals surface area contributed by atoms with Gasteiger partial charge >= 0.3 is 0 Å². The monoisotopic (exact) mass is 309 g/mol. The van der Waals surface area contributed by atoms with E-state index in [4.69, 9.17) is 0 Å². The van der Waals surface area contributed by atoms with Crippen molar-refractivity contribution in [1.29, 1.82) is 0 Å². The van der Waals surface area contributed by atoms with E-state index in [1.807, 2.05) is 16.8 Å². The number of aliphatic hydroxyl groups excluding tert-OH is 1. The molecule has 2 aromatic rings. The van der Waals surface area contributed by atoms with Crippen LogP contribution in [0.1, 0.15) is 30.2 Å². The van der Waals surface area contributed by atoms with E-state index in [9.17, 15) is 9.50 Å². The zero-order valence-corrected chi connectivity index (χ0v) is 11.3. The Labute approximate surface area is 113 Å². The standard InChI is InChI=1S/C14H13BrFNO/c15-11-5-4-9(16)8-13(11)17-7-6-10-12(17)2-1-3-14(10)18/h4-8,14,18H,1-3H2. The Kier molecular flexibility index (Phi) is 2.99. The fraction of sp³-hybridized carbons (Fsp3) is 0.286. The van der Waals surface area contributed by atoms with Gasteiger partial charge in [-0.25, -0.2) is 4.39 Å². The highest BCUT2D eigenvalue weighted by Crippen LogP contribution is 2.33. The minimum atomic E-state index is -0.387. The lowest BCUT2D eigenvalue weighted by Gasteiger charge is -2.20. The largest absolute Gasteiger partial charge is 0.388 e. The summed E-state index contributed by atoms with van der Waals surface area (Å²) in [5.41, 5.74) is 2.84. The number of aromatic nitrogens is 1. The predicted octanol–water partition coefficient (Wildman–Crippen LogP) is 3.75. The van der Waals surface area contributed by atoms with E-state index in [0.29, 0.717) is 0 Å². The molecular weight excluding hydrogens is 297 g/mol. The van der Waals surface area contributed by atoms with Gasteiger partial charge in [-0.1, -0.05) is 0 Å². The first-order valence-corrected chi connectivity index (χ1v) is 6.80. The zero-order valence-electron chi connectivity index (χ0n) is 9.74. The van der Waals surface area contributed by atoms with Gasteiger partial charge in [0.25, 0.3) is 0 Å². The number of fused-ring (bicyclic) bond motifs is 1. The SMILES string of the molecule is OC1CCCc2c1ccn2-c1cc(F)ccc1Br. The second kappa shape index (κ2) is 4.52. The summed E-state index contributed by atoms with van der Waals surface area (Å²) >= 11 is 3.44. The Morgan fingerprint density at radius 2 is 2.17 bits per heavy atom. The Balaban J connectivity index is 2.15. The summed E-state index contributed by atoms with van der Waals surface area (Å²) in [6, 6.07) is 6.57. The molecule has 0 aliphatic heterocycles. The molecule has 1 aliphatic carbocycles. The van der Waals surface area contributed by atoms with Crippen molar-refractivity contribution in [1.82, 2.24) is 4.57 Å². The topological polar surface area (TPSA) is 25.2 Å². The highest BCUT2D eigenvalue weighted by molar-refractivity contribution is 9.10. The van der Waals surface area contributed by atoms with E-state index in [0.717, 1.165) is 40.7 Å². The second-order valence-corrected chi connectivity index (χ2v) is 5.45. The van der Waals surface area contributed by atoms with Gasteiger partial charge in [0.05, 0.1) is 11.8 Å². The van der Waals surface area contributed by atoms with E-state index in [-0.39, 0.29) is 11.9 Å². The van der Waals surface area contributed by atoms with Crippen molar-refractivity contribution >= 4 is 15.9 Å². The van der Waals surface area contributed by atoms with Crippen LogP contribution in [0.25, 0.3) is 5.69 Å². The van der Waals surface area contributed by atoms with Crippen LogP contribution in [0, 0.1) is 5.82 Å². The van der Waals surface area contributed by atoms with Crippen molar-refractivity contribution in [3.63, 3.8) is 0 Å². The van der Waals surface area contributed by atoms with E-state index >= 15 is 0 Å². The van der Waals surface area contributed by atoms with Crippen LogP contribution in [-0.4, -0.2) is 9.67 Å². The highest BCUT2D eigenvalue weighted by atomic mass is 79.9. The first-order chi connectivity index (χ1) is 8.66. The third-order valence-electron chi connectivity index (χ3n) is 3.45. The predicted molar refractivity (Wildman–Crippen MR) is 71.3 cm³/mol. The number of hydrogen-bond acceptors (Lipinski definition) is 1. The number of benzene rings is 1. The number of halogens is 2. The van der Waals surface area contributed by atoms with Crippen LogP contribution in [0.5, 0.6) is 0 Å². The van der Waals surface area contributed by atoms with E-state index in [2.05, 4.69) is 15.9 Å². The third kappa shape index (κ3) is 1.89. The summed E-state index contributed by atoms with van der Waals surface area (Å²) in [5, 5.41) is 9.95. The summed E-state index contributed by atoms with van der Waals surface area (Å²) in [6.07, 6.45) is 4.20. The molecule has 1 aromatic carbocycles. The molecule has 1 aromatic heterocycles. The van der Waals surface area contributed by atoms with Gasteiger partial charge in [-0.2, -0.15) is 0 Å². The van der Waals surface area contributed by atoms with Crippen molar-refractivity contribution in [2.24, 2.45) is 0 Å². The highest BCUT2D eigenvalue weighted by Gasteiger charge is 2.22. The van der Waals surface area contributed by atoms with Crippen LogP contribution < -0.4 is 0 Å². The van der Waals surface area contributed by atoms with Gasteiger partial charge in [0.2, 0.25) is 0 Å². The normalized spacial score (nSPS) is 18.7. The minimum absolute atomic E-state index is 0.257. The van der Waals surface area contributed by atoms with Gasteiger partial charge in [0.15, 0.2) is 0 Å². The molecule has 0 bridgehead atoms. The fourth-order valence-corrected chi connectivity index (χ4v) is 3.00. The lowest BCUT2D eigenvalue weighted by molar-refractivity contribution is 0.156. The Morgan fingerprint density at radius 3 is 3.00 bits per heavy atom. The van der Waals surface area contributed by atoms with Gasteiger partial charge in [-0.05, 0) is 59.5 Å². The Hall–Kier alpha value is -1.13. The van der Waals surface area contributed by atoms with Gasteiger partial charge in [-0.3, -0.25) is 0 Å². The summed E-state index contributed by atoms with van der Waals surface area (Å²) in [5.74, 6) is -0.257. The van der Waals surface area contributed by atoms with Crippen LogP contribution in [0.2, 0.25) is 0 Å². The molecule has 0 saturated heterocycles. The molecule has 1 unspecified atom stereocenters. The van der Waals surface area contributed by atoms with E-state index in [1.165, 1.54) is 12.1 Å². The van der Waals surface area contributed by atoms with Crippen LogP contribution in [0.4, 0.5) is 4.39 Å². The van der Waals surface area contributed by atoms with Crippen molar-refractivity contribution in [3.05, 3.63) is 52.0 Å². The molecule has 1 atom stereocenters. The van der Waals surface area contributed by atoms with Crippen molar-refractivity contribution in [2.75, 3.05) is 0 Å². The average Bonchev–Trinajstić information content (AvgIpc) is 2.77. The second-order valence-electron chi connectivity index (χ2n) is 4.59. The zero-order chi connectivity index (χ0) is 12.7. The number of nitrogens with zero attached hydrogens (tertiary/aromatic N) is 1. The summed E-state index contributed by atoms with van der Waals surface area (Å²) in [6.45, 7) is 0. The summed E-state index contributed by atoms with van der Waals surface area (Å²) in [7, 11) is 0. The van der Waals surface area contributed by atoms with Gasteiger partial charge in [0.1, 0.15) is 5.82 Å². The lowest BCUT2D eigenvalue weighted by Crippen LogP contribution is -2.11. The van der Waals surface area contributed by atoms with Crippen LogP contribution in [0.15, 0.2) is 34.9 Å². The molecule has 2 nitrogen and oxygen atoms in total. The lowest BCUT2D eigenvalue weighted by atomic mass is 9.95. The number of rotatable bonds is 1. The molecule has 1 aliphatic rings. The quantitative estimate of drug-likeness (QED) is 0.852. The first kappa shape index (κ1) is 11.9. The maximum Gasteiger partial charge on any atom is 0.125 e. The molecule has 0 fully saturated rings. The molecule has 18 heavy (non-hydrogen) atoms. The molecule has 1 heterocycles. The van der Waals surface area contributed by atoms with Crippen molar-refractivity contribution < 1.29 is 9.50 Å². The van der Waals surface area contributed by atoms with E-state index < -0.39 is 0 Å². The van der Waals surface area contributed by atoms with Crippen molar-refractivity contribution in [3.8, 4) is 5.69 Å². The molecule has 0 spiro atoms. The molecule has 0 saturated carbocycles. The van der Waals surface area contributed by atoms with E-state index in [1.54, 1.807) is 6.07 Å². The Morgan fingerprint density at radius 1 is 1.33 bits per heavy atom. The number of aliphatic hydroxyl groups is 1.